The van der Waals surface area contributed by atoms with Crippen LogP contribution in [-0.2, 0) is 9.59 Å². The van der Waals surface area contributed by atoms with Gasteiger partial charge in [0.2, 0.25) is 5.91 Å². The zero-order valence-electron chi connectivity index (χ0n) is 11.7. The summed E-state index contributed by atoms with van der Waals surface area (Å²) in [5.41, 5.74) is 0.421. The summed E-state index contributed by atoms with van der Waals surface area (Å²) in [5.74, 6) is -1.55. The van der Waals surface area contributed by atoms with Crippen molar-refractivity contribution in [1.29, 1.82) is 0 Å². The number of nitro benzene ring substituents is 1. The number of carboxylic acids is 1. The van der Waals surface area contributed by atoms with Gasteiger partial charge < -0.3 is 10.0 Å². The molecule has 0 heterocycles. The number of carbonyl (C=O) groups is 2. The van der Waals surface area contributed by atoms with E-state index in [2.05, 4.69) is 0 Å². The standard InChI is InChI=1S/C14H16N2O5/c1-3-12(14(18)19)15(2)13(17)8-7-10-5-4-6-11(9-10)16(20)21/h4-9,12H,3H2,1-2H3,(H,18,19). The van der Waals surface area contributed by atoms with Gasteiger partial charge in [0.05, 0.1) is 4.92 Å². The van der Waals surface area contributed by atoms with Gasteiger partial charge in [-0.3, -0.25) is 14.9 Å². The van der Waals surface area contributed by atoms with E-state index in [0.29, 0.717) is 12.0 Å². The normalized spacial score (nSPS) is 12.1. The van der Waals surface area contributed by atoms with Gasteiger partial charge in [-0.25, -0.2) is 4.79 Å². The minimum Gasteiger partial charge on any atom is -0.480 e. The van der Waals surface area contributed by atoms with Crippen molar-refractivity contribution < 1.29 is 19.6 Å². The van der Waals surface area contributed by atoms with E-state index in [9.17, 15) is 19.7 Å². The lowest BCUT2D eigenvalue weighted by Crippen LogP contribution is -2.41. The molecule has 0 aromatic heterocycles. The average Bonchev–Trinajstić information content (AvgIpc) is 2.45. The van der Waals surface area contributed by atoms with Gasteiger partial charge in [-0.2, -0.15) is 0 Å². The first-order chi connectivity index (χ1) is 9.86. The third-order valence-corrected chi connectivity index (χ3v) is 2.99. The maximum atomic E-state index is 11.9. The van der Waals surface area contributed by atoms with Crippen LogP contribution >= 0.6 is 0 Å². The van der Waals surface area contributed by atoms with Crippen LogP contribution in [0.4, 0.5) is 5.69 Å². The van der Waals surface area contributed by atoms with E-state index >= 15 is 0 Å². The van der Waals surface area contributed by atoms with E-state index < -0.39 is 22.8 Å². The molecule has 1 amide bonds. The molecule has 0 fully saturated rings. The molecule has 1 aromatic rings. The van der Waals surface area contributed by atoms with E-state index in [4.69, 9.17) is 5.11 Å². The number of benzene rings is 1. The Morgan fingerprint density at radius 2 is 2.14 bits per heavy atom. The molecule has 1 atom stereocenters. The summed E-state index contributed by atoms with van der Waals surface area (Å²) in [6, 6.07) is 4.91. The number of carboxylic acid groups (broad SMARTS) is 1. The number of likely N-dealkylation sites (N-methyl/N-ethyl adjacent to an activating group) is 1. The minimum absolute atomic E-state index is 0.0741. The van der Waals surface area contributed by atoms with Gasteiger partial charge in [0.25, 0.3) is 5.69 Å². The molecule has 1 rings (SSSR count). The van der Waals surface area contributed by atoms with Crippen LogP contribution in [-0.4, -0.2) is 39.9 Å². The molecule has 112 valence electrons. The highest BCUT2D eigenvalue weighted by molar-refractivity contribution is 5.94. The van der Waals surface area contributed by atoms with Gasteiger partial charge in [-0.15, -0.1) is 0 Å². The lowest BCUT2D eigenvalue weighted by Gasteiger charge is -2.22. The number of nitrogens with zero attached hydrogens (tertiary/aromatic N) is 2. The number of amides is 1. The first-order valence-electron chi connectivity index (χ1n) is 6.29. The zero-order valence-corrected chi connectivity index (χ0v) is 11.7. The summed E-state index contributed by atoms with van der Waals surface area (Å²) in [7, 11) is 1.41. The molecule has 0 aliphatic heterocycles. The lowest BCUT2D eigenvalue weighted by molar-refractivity contribution is -0.384. The van der Waals surface area contributed by atoms with Gasteiger partial charge in [0.15, 0.2) is 0 Å². The average molecular weight is 292 g/mol. The quantitative estimate of drug-likeness (QED) is 0.490. The maximum absolute atomic E-state index is 11.9. The highest BCUT2D eigenvalue weighted by atomic mass is 16.6. The van der Waals surface area contributed by atoms with Gasteiger partial charge >= 0.3 is 5.97 Å². The van der Waals surface area contributed by atoms with Crippen molar-refractivity contribution in [3.05, 3.63) is 46.0 Å². The molecule has 0 bridgehead atoms. The van der Waals surface area contributed by atoms with Crippen LogP contribution in [0.3, 0.4) is 0 Å². The predicted octanol–water partition coefficient (Wildman–Crippen LogP) is 1.93. The molecule has 1 unspecified atom stereocenters. The molecule has 1 aromatic carbocycles. The Hall–Kier alpha value is -2.70. The molecule has 21 heavy (non-hydrogen) atoms. The molecule has 0 aliphatic rings. The molecule has 0 aliphatic carbocycles. The summed E-state index contributed by atoms with van der Waals surface area (Å²) in [6.07, 6.45) is 2.91. The Morgan fingerprint density at radius 3 is 2.67 bits per heavy atom. The maximum Gasteiger partial charge on any atom is 0.326 e. The SMILES string of the molecule is CCC(C(=O)O)N(C)C(=O)C=Cc1cccc([N+](=O)[O-])c1. The molecule has 0 radical (unpaired) electrons. The molecule has 0 saturated heterocycles. The van der Waals surface area contributed by atoms with Gasteiger partial charge in [-0.1, -0.05) is 19.1 Å². The fourth-order valence-corrected chi connectivity index (χ4v) is 1.79. The lowest BCUT2D eigenvalue weighted by atomic mass is 10.1. The van der Waals surface area contributed by atoms with Crippen molar-refractivity contribution in [1.82, 2.24) is 4.90 Å². The Labute approximate surface area is 121 Å². The number of hydrogen-bond acceptors (Lipinski definition) is 4. The van der Waals surface area contributed by atoms with Crippen molar-refractivity contribution in [2.24, 2.45) is 0 Å². The summed E-state index contributed by atoms with van der Waals surface area (Å²) < 4.78 is 0. The first kappa shape index (κ1) is 16.4. The molecular formula is C14H16N2O5. The van der Waals surface area contributed by atoms with Crippen LogP contribution in [0.5, 0.6) is 0 Å². The van der Waals surface area contributed by atoms with E-state index in [0.717, 1.165) is 4.90 Å². The first-order valence-corrected chi connectivity index (χ1v) is 6.29. The van der Waals surface area contributed by atoms with E-state index in [1.807, 2.05) is 0 Å². The van der Waals surface area contributed by atoms with Crippen LogP contribution in [0.1, 0.15) is 18.9 Å². The summed E-state index contributed by atoms with van der Waals surface area (Å²) in [5, 5.41) is 19.6. The molecule has 1 N–H and O–H groups in total. The smallest absolute Gasteiger partial charge is 0.326 e. The Bertz CT molecular complexity index is 582. The van der Waals surface area contributed by atoms with Crippen LogP contribution in [0.25, 0.3) is 6.08 Å². The van der Waals surface area contributed by atoms with Crippen LogP contribution in [0.15, 0.2) is 30.3 Å². The summed E-state index contributed by atoms with van der Waals surface area (Å²) >= 11 is 0. The monoisotopic (exact) mass is 292 g/mol. The van der Waals surface area contributed by atoms with Crippen molar-refractivity contribution in [3.63, 3.8) is 0 Å². The molecule has 7 heteroatoms. The molecule has 7 nitrogen and oxygen atoms in total. The second-order valence-corrected chi connectivity index (χ2v) is 4.40. The Morgan fingerprint density at radius 1 is 1.48 bits per heavy atom. The second-order valence-electron chi connectivity index (χ2n) is 4.40. The van der Waals surface area contributed by atoms with E-state index in [1.54, 1.807) is 13.0 Å². The number of aliphatic carboxylic acids is 1. The number of non-ortho nitro benzene ring substituents is 1. The fourth-order valence-electron chi connectivity index (χ4n) is 1.79. The molecular weight excluding hydrogens is 276 g/mol. The fraction of sp³-hybridized carbons (Fsp3) is 0.286. The van der Waals surface area contributed by atoms with E-state index in [1.165, 1.54) is 37.4 Å². The van der Waals surface area contributed by atoms with Crippen LogP contribution < -0.4 is 0 Å². The second kappa shape index (κ2) is 7.18. The Balaban J connectivity index is 2.84. The Kier molecular flexibility index (Phi) is 5.59. The summed E-state index contributed by atoms with van der Waals surface area (Å²) in [4.78, 5) is 34.1. The topological polar surface area (TPSA) is 101 Å². The number of hydrogen-bond donors (Lipinski definition) is 1. The number of carbonyl (C=O) groups excluding carboxylic acids is 1. The highest BCUT2D eigenvalue weighted by Crippen LogP contribution is 2.14. The molecule has 0 saturated carbocycles. The third-order valence-electron chi connectivity index (χ3n) is 2.99. The van der Waals surface area contributed by atoms with E-state index in [-0.39, 0.29) is 5.69 Å². The van der Waals surface area contributed by atoms with Crippen molar-refractivity contribution >= 4 is 23.6 Å². The van der Waals surface area contributed by atoms with Crippen LogP contribution in [0, 0.1) is 10.1 Å². The van der Waals surface area contributed by atoms with Crippen molar-refractivity contribution in [2.75, 3.05) is 7.05 Å². The van der Waals surface area contributed by atoms with Gasteiger partial charge in [0.1, 0.15) is 6.04 Å². The minimum atomic E-state index is -1.07. The summed E-state index contributed by atoms with van der Waals surface area (Å²) in [6.45, 7) is 1.67. The third kappa shape index (κ3) is 4.41. The molecule has 0 spiro atoms. The van der Waals surface area contributed by atoms with Crippen molar-refractivity contribution in [3.8, 4) is 0 Å². The van der Waals surface area contributed by atoms with Crippen LogP contribution in [0.2, 0.25) is 0 Å². The zero-order chi connectivity index (χ0) is 16.0. The number of nitro groups is 1. The highest BCUT2D eigenvalue weighted by Gasteiger charge is 2.23. The number of rotatable bonds is 6. The van der Waals surface area contributed by atoms with Gasteiger partial charge in [0, 0.05) is 25.3 Å². The van der Waals surface area contributed by atoms with Gasteiger partial charge in [-0.05, 0) is 18.1 Å². The van der Waals surface area contributed by atoms with Crippen molar-refractivity contribution in [2.45, 2.75) is 19.4 Å². The largest absolute Gasteiger partial charge is 0.480 e. The predicted molar refractivity (Wildman–Crippen MR) is 76.6 cm³/mol.